The van der Waals surface area contributed by atoms with E-state index in [-0.39, 0.29) is 17.2 Å². The van der Waals surface area contributed by atoms with Crippen LogP contribution in [0.25, 0.3) is 11.1 Å². The molecule has 0 unspecified atom stereocenters. The highest BCUT2D eigenvalue weighted by atomic mass is 79.9. The predicted molar refractivity (Wildman–Crippen MR) is 140 cm³/mol. The van der Waals surface area contributed by atoms with Crippen LogP contribution in [-0.2, 0) is 25.7 Å². The van der Waals surface area contributed by atoms with Crippen molar-refractivity contribution >= 4 is 31.9 Å². The van der Waals surface area contributed by atoms with E-state index in [1.54, 1.807) is 12.1 Å². The van der Waals surface area contributed by atoms with Gasteiger partial charge in [0.25, 0.3) is 0 Å². The van der Waals surface area contributed by atoms with Gasteiger partial charge in [0.05, 0.1) is 4.47 Å². The number of rotatable bonds is 0. The molecule has 0 spiro atoms. The summed E-state index contributed by atoms with van der Waals surface area (Å²) in [4.78, 5) is 0. The summed E-state index contributed by atoms with van der Waals surface area (Å²) in [5.74, 6) is 1.39. The van der Waals surface area contributed by atoms with Crippen molar-refractivity contribution in [3.05, 3.63) is 97.9 Å². The van der Waals surface area contributed by atoms with Crippen molar-refractivity contribution in [3.8, 4) is 39.9 Å². The van der Waals surface area contributed by atoms with Crippen LogP contribution in [0.15, 0.2) is 75.7 Å². The number of phenolic OH excluding ortho intramolecular Hbond substituents is 3. The molecular weight excluding hydrogens is 560 g/mol. The predicted octanol–water partition coefficient (Wildman–Crippen LogP) is 7.67. The lowest BCUT2D eigenvalue weighted by atomic mass is 9.92. The molecule has 6 bridgehead atoms. The molecule has 172 valence electrons. The molecule has 4 aromatic rings. The van der Waals surface area contributed by atoms with Gasteiger partial charge < -0.3 is 20.1 Å². The number of hydrogen-bond donors (Lipinski definition) is 3. The van der Waals surface area contributed by atoms with Crippen LogP contribution in [0.5, 0.6) is 28.7 Å². The van der Waals surface area contributed by atoms with Crippen LogP contribution in [0, 0.1) is 0 Å². The average molecular weight is 582 g/mol. The third-order valence-electron chi connectivity index (χ3n) is 6.19. The van der Waals surface area contributed by atoms with E-state index in [0.29, 0.717) is 46.4 Å². The Morgan fingerprint density at radius 1 is 0.618 bits per heavy atom. The van der Waals surface area contributed by atoms with Crippen LogP contribution < -0.4 is 4.74 Å². The molecule has 0 atom stereocenters. The number of phenols is 3. The smallest absolute Gasteiger partial charge is 0.169 e. The second-order valence-electron chi connectivity index (χ2n) is 8.44. The first-order chi connectivity index (χ1) is 16.4. The van der Waals surface area contributed by atoms with Gasteiger partial charge in [-0.05, 0) is 106 Å². The quantitative estimate of drug-likeness (QED) is 0.199. The van der Waals surface area contributed by atoms with Gasteiger partial charge in [-0.3, -0.25) is 0 Å². The van der Waals surface area contributed by atoms with E-state index in [9.17, 15) is 15.3 Å². The molecule has 3 N–H and O–H groups in total. The maximum absolute atomic E-state index is 11.0. The molecule has 0 amide bonds. The minimum Gasteiger partial charge on any atom is -0.507 e. The Labute approximate surface area is 214 Å². The first-order valence-corrected chi connectivity index (χ1v) is 12.6. The summed E-state index contributed by atoms with van der Waals surface area (Å²) in [6.45, 7) is 0. The van der Waals surface area contributed by atoms with Crippen LogP contribution >= 0.6 is 31.9 Å². The lowest BCUT2D eigenvalue weighted by Gasteiger charge is -2.17. The summed E-state index contributed by atoms with van der Waals surface area (Å²) >= 11 is 7.09. The van der Waals surface area contributed by atoms with Crippen LogP contribution in [0.3, 0.4) is 0 Å². The summed E-state index contributed by atoms with van der Waals surface area (Å²) in [5, 5.41) is 32.2. The summed E-state index contributed by atoms with van der Waals surface area (Å²) < 4.78 is 7.40. The van der Waals surface area contributed by atoms with Gasteiger partial charge in [0, 0.05) is 15.6 Å². The summed E-state index contributed by atoms with van der Waals surface area (Å²) in [6.07, 6.45) is 2.79. The van der Waals surface area contributed by atoms with Crippen molar-refractivity contribution in [3.63, 3.8) is 0 Å². The number of halogens is 2. The van der Waals surface area contributed by atoms with Crippen LogP contribution in [-0.4, -0.2) is 15.3 Å². The highest BCUT2D eigenvalue weighted by molar-refractivity contribution is 9.10. The maximum Gasteiger partial charge on any atom is 0.169 e. The van der Waals surface area contributed by atoms with E-state index in [0.717, 1.165) is 33.1 Å². The Balaban J connectivity index is 1.64. The Hall–Kier alpha value is -2.96. The van der Waals surface area contributed by atoms with E-state index in [1.807, 2.05) is 54.6 Å². The molecule has 0 saturated heterocycles. The van der Waals surface area contributed by atoms with Crippen LogP contribution in [0.4, 0.5) is 0 Å². The molecule has 0 radical (unpaired) electrons. The van der Waals surface area contributed by atoms with Crippen molar-refractivity contribution in [1.29, 1.82) is 0 Å². The van der Waals surface area contributed by atoms with Gasteiger partial charge >= 0.3 is 0 Å². The minimum atomic E-state index is 0.0907. The fourth-order valence-electron chi connectivity index (χ4n) is 4.32. The highest BCUT2D eigenvalue weighted by Gasteiger charge is 2.19. The van der Waals surface area contributed by atoms with E-state index >= 15 is 0 Å². The largest absolute Gasteiger partial charge is 0.507 e. The second-order valence-corrected chi connectivity index (χ2v) is 10.1. The zero-order chi connectivity index (χ0) is 23.8. The number of aromatic hydroxyl groups is 3. The number of hydrogen-bond acceptors (Lipinski definition) is 4. The van der Waals surface area contributed by atoms with E-state index in [4.69, 9.17) is 4.74 Å². The van der Waals surface area contributed by atoms with Gasteiger partial charge in [-0.15, -0.1) is 0 Å². The maximum atomic E-state index is 11.0. The fraction of sp³-hybridized carbons (Fsp3) is 0.143. The number of ether oxygens (including phenoxy) is 1. The molecule has 34 heavy (non-hydrogen) atoms. The third kappa shape index (κ3) is 4.52. The molecule has 0 fully saturated rings. The van der Waals surface area contributed by atoms with Gasteiger partial charge in [0.15, 0.2) is 11.5 Å². The van der Waals surface area contributed by atoms with Gasteiger partial charge in [-0.1, -0.05) is 40.2 Å². The SMILES string of the molecule is Oc1ccc2cc1Oc1ccc(cc1)CCc1ccc(Br)c(O)c1-c1cc(Br)c(cc1O)CC2. The summed E-state index contributed by atoms with van der Waals surface area (Å²) in [5.41, 5.74) is 5.22. The lowest BCUT2D eigenvalue weighted by Crippen LogP contribution is -1.98. The zero-order valence-corrected chi connectivity index (χ0v) is 21.4. The molecule has 6 heteroatoms. The molecule has 0 aromatic heterocycles. The van der Waals surface area contributed by atoms with E-state index in [2.05, 4.69) is 31.9 Å². The Kier molecular flexibility index (Phi) is 6.28. The van der Waals surface area contributed by atoms with Crippen molar-refractivity contribution < 1.29 is 20.1 Å². The topological polar surface area (TPSA) is 69.9 Å². The second kappa shape index (κ2) is 9.35. The van der Waals surface area contributed by atoms with Crippen LogP contribution in [0.1, 0.15) is 22.3 Å². The van der Waals surface area contributed by atoms with Gasteiger partial charge in [0.1, 0.15) is 17.2 Å². The monoisotopic (exact) mass is 580 g/mol. The van der Waals surface area contributed by atoms with Crippen LogP contribution in [0.2, 0.25) is 0 Å². The van der Waals surface area contributed by atoms with E-state index in [1.165, 1.54) is 0 Å². The molecule has 4 aliphatic rings. The highest BCUT2D eigenvalue weighted by Crippen LogP contribution is 2.44. The first-order valence-electron chi connectivity index (χ1n) is 11.0. The van der Waals surface area contributed by atoms with Crippen molar-refractivity contribution in [1.82, 2.24) is 0 Å². The first kappa shape index (κ1) is 22.8. The molecule has 0 aliphatic carbocycles. The average Bonchev–Trinajstić information content (AvgIpc) is 2.82. The molecule has 4 aliphatic heterocycles. The normalized spacial score (nSPS) is 13.1. The van der Waals surface area contributed by atoms with E-state index < -0.39 is 0 Å². The molecule has 4 nitrogen and oxygen atoms in total. The van der Waals surface area contributed by atoms with Crippen molar-refractivity contribution in [2.45, 2.75) is 25.7 Å². The van der Waals surface area contributed by atoms with Crippen molar-refractivity contribution in [2.24, 2.45) is 0 Å². The van der Waals surface area contributed by atoms with Gasteiger partial charge in [0.2, 0.25) is 0 Å². The summed E-state index contributed by atoms with van der Waals surface area (Å²) in [7, 11) is 0. The molecular formula is C28H22Br2O4. The molecule has 4 aromatic carbocycles. The molecule has 0 saturated carbocycles. The minimum absolute atomic E-state index is 0.0907. The lowest BCUT2D eigenvalue weighted by molar-refractivity contribution is 0.410. The zero-order valence-electron chi connectivity index (χ0n) is 18.2. The number of benzene rings is 4. The van der Waals surface area contributed by atoms with Crippen molar-refractivity contribution in [2.75, 3.05) is 0 Å². The fourth-order valence-corrected chi connectivity index (χ4v) is 5.19. The summed E-state index contributed by atoms with van der Waals surface area (Å²) in [6, 6.07) is 20.6. The molecule has 4 heterocycles. The molecule has 8 rings (SSSR count). The Morgan fingerprint density at radius 3 is 2.12 bits per heavy atom. The third-order valence-corrected chi connectivity index (χ3v) is 7.57. The van der Waals surface area contributed by atoms with Gasteiger partial charge in [-0.2, -0.15) is 0 Å². The standard InChI is InChI=1S/C28H22Br2O4/c29-22-11-8-18-6-1-16-3-9-20(10-4-16)34-26-13-17(5-12-24(26)31)2-7-19-14-25(32)21(15-23(19)30)27(18)28(22)33/h3-5,8-15,31-33H,1-2,6-7H2. The Bertz CT molecular complexity index is 1380. The number of aryl methyl sites for hydroxylation is 4. The Morgan fingerprint density at radius 2 is 1.32 bits per heavy atom. The van der Waals surface area contributed by atoms with Gasteiger partial charge in [-0.25, -0.2) is 0 Å².